The van der Waals surface area contributed by atoms with E-state index in [0.717, 1.165) is 22.4 Å². The second kappa shape index (κ2) is 11.8. The van der Waals surface area contributed by atoms with Crippen LogP contribution in [0.15, 0.2) is 28.8 Å². The van der Waals surface area contributed by atoms with Gasteiger partial charge < -0.3 is 25.4 Å². The zero-order valence-corrected chi connectivity index (χ0v) is 20.0. The first-order valence-corrected chi connectivity index (χ1v) is 11.5. The van der Waals surface area contributed by atoms with E-state index in [1.807, 2.05) is 45.0 Å². The average molecular weight is 454 g/mol. The number of aliphatic hydroxyl groups excluding tert-OH is 1. The van der Waals surface area contributed by atoms with Gasteiger partial charge in [0.25, 0.3) is 0 Å². The fraction of sp³-hybridized carbons (Fsp3) is 0.480. The minimum Gasteiger partial charge on any atom is -0.491 e. The minimum atomic E-state index is -0.592. The number of nitrogens with zero attached hydrogens (tertiary/aromatic N) is 3. The molecule has 1 saturated carbocycles. The standard InChI is InChI=1S/C20H25N5O3.C5H10/c1-11-18(17-12(2)25-28-13(17)3)23-20(24-19(11)21)14-6-5-7-16(8-14)27-10-15(26)9-22-4;1-2-4-5-3-1/h5-8,15,22,26H,9-10H2,1-4H3,(H2,21,23,24);1-5H2. The molecule has 33 heavy (non-hydrogen) atoms. The van der Waals surface area contributed by atoms with E-state index >= 15 is 0 Å². The molecule has 1 atom stereocenters. The SMILES string of the molecule is C1CCCC1.CNCC(O)COc1cccc(-c2nc(N)c(C)c(-c3c(C)noc3C)n2)c1. The Balaban J connectivity index is 0.000000541. The number of hydrogen-bond acceptors (Lipinski definition) is 8. The molecule has 0 amide bonds. The van der Waals surface area contributed by atoms with Gasteiger partial charge in [-0.25, -0.2) is 9.97 Å². The lowest BCUT2D eigenvalue weighted by atomic mass is 10.1. The maximum atomic E-state index is 9.81. The monoisotopic (exact) mass is 453 g/mol. The average Bonchev–Trinajstić information content (AvgIpc) is 3.49. The summed E-state index contributed by atoms with van der Waals surface area (Å²) >= 11 is 0. The Labute approximate surface area is 195 Å². The third-order valence-corrected chi connectivity index (χ3v) is 5.68. The smallest absolute Gasteiger partial charge is 0.162 e. The summed E-state index contributed by atoms with van der Waals surface area (Å²) in [5, 5.41) is 16.7. The van der Waals surface area contributed by atoms with Crippen LogP contribution >= 0.6 is 0 Å². The van der Waals surface area contributed by atoms with E-state index in [1.54, 1.807) is 7.05 Å². The van der Waals surface area contributed by atoms with Crippen molar-refractivity contribution in [2.24, 2.45) is 0 Å². The number of aromatic nitrogens is 3. The van der Waals surface area contributed by atoms with Crippen LogP contribution < -0.4 is 15.8 Å². The highest BCUT2D eigenvalue weighted by Crippen LogP contribution is 2.32. The van der Waals surface area contributed by atoms with Crippen LogP contribution in [0.3, 0.4) is 0 Å². The lowest BCUT2D eigenvalue weighted by Crippen LogP contribution is -2.29. The summed E-state index contributed by atoms with van der Waals surface area (Å²) in [6.07, 6.45) is 6.91. The van der Waals surface area contributed by atoms with Crippen LogP contribution in [0.25, 0.3) is 22.6 Å². The number of aryl methyl sites for hydroxylation is 2. The quantitative estimate of drug-likeness (QED) is 0.487. The fourth-order valence-electron chi connectivity index (χ4n) is 3.82. The molecular weight excluding hydrogens is 418 g/mol. The molecule has 8 nitrogen and oxygen atoms in total. The van der Waals surface area contributed by atoms with Gasteiger partial charge in [-0.3, -0.25) is 0 Å². The number of ether oxygens (including phenoxy) is 1. The maximum Gasteiger partial charge on any atom is 0.162 e. The van der Waals surface area contributed by atoms with Crippen molar-refractivity contribution < 1.29 is 14.4 Å². The van der Waals surface area contributed by atoms with Crippen LogP contribution in [0.5, 0.6) is 5.75 Å². The third-order valence-electron chi connectivity index (χ3n) is 5.68. The Hall–Kier alpha value is -2.97. The molecule has 178 valence electrons. The van der Waals surface area contributed by atoms with Gasteiger partial charge in [0.1, 0.15) is 30.0 Å². The molecule has 3 aromatic rings. The molecule has 1 aromatic carbocycles. The Morgan fingerprint density at radius 2 is 1.82 bits per heavy atom. The van der Waals surface area contributed by atoms with Crippen molar-refractivity contribution in [1.82, 2.24) is 20.4 Å². The van der Waals surface area contributed by atoms with Crippen LogP contribution in [0.4, 0.5) is 5.82 Å². The summed E-state index contributed by atoms with van der Waals surface area (Å²) < 4.78 is 11.0. The third kappa shape index (κ3) is 6.52. The molecule has 1 unspecified atom stereocenters. The van der Waals surface area contributed by atoms with E-state index in [4.69, 9.17) is 20.0 Å². The van der Waals surface area contributed by atoms with E-state index in [1.165, 1.54) is 32.1 Å². The lowest BCUT2D eigenvalue weighted by molar-refractivity contribution is 0.108. The molecule has 0 saturated heterocycles. The van der Waals surface area contributed by atoms with Crippen molar-refractivity contribution in [1.29, 1.82) is 0 Å². The number of nitrogen functional groups attached to an aromatic ring is 1. The van der Waals surface area contributed by atoms with E-state index in [9.17, 15) is 5.11 Å². The largest absolute Gasteiger partial charge is 0.491 e. The van der Waals surface area contributed by atoms with E-state index in [0.29, 0.717) is 35.4 Å². The number of anilines is 1. The zero-order valence-electron chi connectivity index (χ0n) is 20.0. The van der Waals surface area contributed by atoms with Crippen LogP contribution in [-0.2, 0) is 0 Å². The second-order valence-electron chi connectivity index (χ2n) is 8.42. The molecule has 2 heterocycles. The maximum absolute atomic E-state index is 9.81. The Morgan fingerprint density at radius 3 is 2.42 bits per heavy atom. The predicted molar refractivity (Wildman–Crippen MR) is 130 cm³/mol. The highest BCUT2D eigenvalue weighted by atomic mass is 16.5. The van der Waals surface area contributed by atoms with Gasteiger partial charge in [-0.05, 0) is 40.0 Å². The first-order chi connectivity index (χ1) is 15.9. The number of hydrogen-bond donors (Lipinski definition) is 3. The van der Waals surface area contributed by atoms with Gasteiger partial charge in [0.2, 0.25) is 0 Å². The Kier molecular flexibility index (Phi) is 8.79. The molecule has 0 aliphatic heterocycles. The Bertz CT molecular complexity index is 1020. The van der Waals surface area contributed by atoms with Crippen molar-refractivity contribution in [3.8, 4) is 28.4 Å². The fourth-order valence-corrected chi connectivity index (χ4v) is 3.82. The van der Waals surface area contributed by atoms with Crippen molar-refractivity contribution in [2.45, 2.75) is 59.0 Å². The molecule has 0 bridgehead atoms. The van der Waals surface area contributed by atoms with Gasteiger partial charge >= 0.3 is 0 Å². The summed E-state index contributed by atoms with van der Waals surface area (Å²) in [5.74, 6) is 2.18. The molecule has 2 aromatic heterocycles. The van der Waals surface area contributed by atoms with Crippen LogP contribution in [0, 0.1) is 20.8 Å². The zero-order chi connectivity index (χ0) is 23.8. The van der Waals surface area contributed by atoms with E-state index < -0.39 is 6.10 Å². The molecule has 8 heteroatoms. The molecule has 1 aliphatic rings. The van der Waals surface area contributed by atoms with Gasteiger partial charge in [0, 0.05) is 17.7 Å². The number of likely N-dealkylation sites (N-methyl/N-ethyl adjacent to an activating group) is 1. The van der Waals surface area contributed by atoms with Crippen LogP contribution in [0.2, 0.25) is 0 Å². The van der Waals surface area contributed by atoms with Crippen molar-refractivity contribution >= 4 is 5.82 Å². The van der Waals surface area contributed by atoms with Crippen molar-refractivity contribution in [3.05, 3.63) is 41.3 Å². The van der Waals surface area contributed by atoms with Crippen molar-refractivity contribution in [2.75, 3.05) is 25.9 Å². The summed E-state index contributed by atoms with van der Waals surface area (Å²) in [5.41, 5.74) is 9.99. The predicted octanol–water partition coefficient (Wildman–Crippen LogP) is 4.22. The first-order valence-electron chi connectivity index (χ1n) is 11.5. The Morgan fingerprint density at radius 1 is 1.12 bits per heavy atom. The molecule has 0 radical (unpaired) electrons. The minimum absolute atomic E-state index is 0.186. The van der Waals surface area contributed by atoms with Gasteiger partial charge in [0.15, 0.2) is 5.82 Å². The molecule has 4 rings (SSSR count). The summed E-state index contributed by atoms with van der Waals surface area (Å²) in [7, 11) is 1.78. The topological polar surface area (TPSA) is 119 Å². The van der Waals surface area contributed by atoms with E-state index in [2.05, 4.69) is 15.5 Å². The van der Waals surface area contributed by atoms with Gasteiger partial charge in [0.05, 0.1) is 17.0 Å². The molecule has 0 spiro atoms. The number of aliphatic hydroxyl groups is 1. The molecule has 4 N–H and O–H groups in total. The molecular formula is C25H35N5O3. The second-order valence-corrected chi connectivity index (χ2v) is 8.42. The lowest BCUT2D eigenvalue weighted by Gasteiger charge is -2.13. The summed E-state index contributed by atoms with van der Waals surface area (Å²) in [6.45, 7) is 6.23. The first kappa shape index (κ1) is 24.7. The molecule has 1 fully saturated rings. The summed E-state index contributed by atoms with van der Waals surface area (Å²) in [6, 6.07) is 7.39. The van der Waals surface area contributed by atoms with Crippen LogP contribution in [0.1, 0.15) is 49.1 Å². The highest BCUT2D eigenvalue weighted by molar-refractivity contribution is 5.73. The van der Waals surface area contributed by atoms with Crippen LogP contribution in [-0.4, -0.2) is 46.5 Å². The van der Waals surface area contributed by atoms with Gasteiger partial charge in [-0.1, -0.05) is 49.4 Å². The van der Waals surface area contributed by atoms with E-state index in [-0.39, 0.29) is 6.61 Å². The number of nitrogens with one attached hydrogen (secondary N) is 1. The normalized spacial score (nSPS) is 14.0. The number of rotatable bonds is 7. The van der Waals surface area contributed by atoms with Gasteiger partial charge in [-0.2, -0.15) is 0 Å². The number of benzene rings is 1. The molecule has 1 aliphatic carbocycles. The van der Waals surface area contributed by atoms with Crippen molar-refractivity contribution in [3.63, 3.8) is 0 Å². The number of nitrogens with two attached hydrogens (primary N) is 1. The summed E-state index contributed by atoms with van der Waals surface area (Å²) in [4.78, 5) is 9.17. The highest BCUT2D eigenvalue weighted by Gasteiger charge is 2.19. The van der Waals surface area contributed by atoms with Gasteiger partial charge in [-0.15, -0.1) is 0 Å².